The van der Waals surface area contributed by atoms with E-state index < -0.39 is 11.6 Å². The van der Waals surface area contributed by atoms with Crippen molar-refractivity contribution in [1.82, 2.24) is 15.5 Å². The molecule has 1 saturated carbocycles. The summed E-state index contributed by atoms with van der Waals surface area (Å²) in [5.74, 6) is 0.145. The third-order valence-electron chi connectivity index (χ3n) is 4.66. The van der Waals surface area contributed by atoms with Crippen LogP contribution in [-0.2, 0) is 9.59 Å². The van der Waals surface area contributed by atoms with E-state index in [0.717, 1.165) is 25.7 Å². The van der Waals surface area contributed by atoms with Crippen LogP contribution in [0.15, 0.2) is 0 Å². The van der Waals surface area contributed by atoms with Gasteiger partial charge >= 0.3 is 6.03 Å². The van der Waals surface area contributed by atoms with Crippen molar-refractivity contribution in [3.63, 3.8) is 0 Å². The number of imide groups is 1. The Morgan fingerprint density at radius 2 is 2.05 bits per heavy atom. The molecular weight excluding hydrogens is 270 g/mol. The Kier molecular flexibility index (Phi) is 4.85. The van der Waals surface area contributed by atoms with E-state index in [1.165, 1.54) is 4.90 Å². The summed E-state index contributed by atoms with van der Waals surface area (Å²) in [6.45, 7) is 4.79. The minimum Gasteiger partial charge on any atom is -0.355 e. The van der Waals surface area contributed by atoms with Crippen LogP contribution in [0, 0.1) is 5.92 Å². The SMILES string of the molecule is CCCCNC(=O)CN1C(=O)NC(=O)C12CCC(C)CC2. The first-order valence-corrected chi connectivity index (χ1v) is 7.89. The number of hydrogen-bond acceptors (Lipinski definition) is 3. The number of nitrogens with one attached hydrogen (secondary N) is 2. The normalized spacial score (nSPS) is 28.9. The minimum atomic E-state index is -0.800. The van der Waals surface area contributed by atoms with Gasteiger partial charge in [-0.3, -0.25) is 14.9 Å². The molecule has 0 radical (unpaired) electrons. The Labute approximate surface area is 125 Å². The van der Waals surface area contributed by atoms with Gasteiger partial charge in [0, 0.05) is 6.54 Å². The molecule has 1 saturated heterocycles. The Balaban J connectivity index is 2.03. The smallest absolute Gasteiger partial charge is 0.325 e. The molecule has 2 fully saturated rings. The molecule has 2 aliphatic rings. The summed E-state index contributed by atoms with van der Waals surface area (Å²) < 4.78 is 0. The maximum Gasteiger partial charge on any atom is 0.325 e. The van der Waals surface area contributed by atoms with Gasteiger partial charge in [0.05, 0.1) is 0 Å². The standard InChI is InChI=1S/C15H25N3O3/c1-3-4-9-16-12(19)10-18-14(21)17-13(20)15(18)7-5-11(2)6-8-15/h11H,3-10H2,1-2H3,(H,16,19)(H,17,20,21). The molecule has 0 aromatic rings. The highest BCUT2D eigenvalue weighted by atomic mass is 16.2. The summed E-state index contributed by atoms with van der Waals surface area (Å²) in [5, 5.41) is 5.19. The number of unbranched alkanes of at least 4 members (excludes halogenated alkanes) is 1. The number of amides is 4. The predicted octanol–water partition coefficient (Wildman–Crippen LogP) is 1.40. The molecule has 6 heteroatoms. The minimum absolute atomic E-state index is 0.0321. The molecule has 0 unspecified atom stereocenters. The van der Waals surface area contributed by atoms with Crippen LogP contribution < -0.4 is 10.6 Å². The lowest BCUT2D eigenvalue weighted by atomic mass is 9.76. The lowest BCUT2D eigenvalue weighted by molar-refractivity contribution is -0.130. The number of hydrogen-bond donors (Lipinski definition) is 2. The van der Waals surface area contributed by atoms with Crippen molar-refractivity contribution in [2.24, 2.45) is 5.92 Å². The number of rotatable bonds is 5. The zero-order valence-electron chi connectivity index (χ0n) is 12.9. The highest BCUT2D eigenvalue weighted by Crippen LogP contribution is 2.39. The van der Waals surface area contributed by atoms with Crippen LogP contribution >= 0.6 is 0 Å². The molecule has 0 atom stereocenters. The summed E-state index contributed by atoms with van der Waals surface area (Å²) in [4.78, 5) is 37.7. The summed E-state index contributed by atoms with van der Waals surface area (Å²) >= 11 is 0. The van der Waals surface area contributed by atoms with Crippen molar-refractivity contribution < 1.29 is 14.4 Å². The molecule has 4 amide bonds. The van der Waals surface area contributed by atoms with Crippen molar-refractivity contribution in [3.8, 4) is 0 Å². The van der Waals surface area contributed by atoms with Crippen LogP contribution in [0.1, 0.15) is 52.4 Å². The molecule has 1 aliphatic carbocycles. The van der Waals surface area contributed by atoms with E-state index in [2.05, 4.69) is 24.5 Å². The summed E-state index contributed by atoms with van der Waals surface area (Å²) in [5.41, 5.74) is -0.800. The fraction of sp³-hybridized carbons (Fsp3) is 0.800. The van der Waals surface area contributed by atoms with Crippen molar-refractivity contribution in [2.75, 3.05) is 13.1 Å². The highest BCUT2D eigenvalue weighted by Gasteiger charge is 2.54. The summed E-state index contributed by atoms with van der Waals surface area (Å²) in [6, 6.07) is -0.430. The zero-order valence-corrected chi connectivity index (χ0v) is 12.9. The van der Waals surface area contributed by atoms with E-state index in [1.807, 2.05) is 0 Å². The van der Waals surface area contributed by atoms with Gasteiger partial charge in [-0.05, 0) is 38.0 Å². The van der Waals surface area contributed by atoms with Gasteiger partial charge in [0.25, 0.3) is 5.91 Å². The second kappa shape index (κ2) is 6.45. The van der Waals surface area contributed by atoms with Gasteiger partial charge in [-0.25, -0.2) is 4.79 Å². The maximum absolute atomic E-state index is 12.2. The molecule has 0 aromatic heterocycles. The average Bonchev–Trinajstić information content (AvgIpc) is 2.67. The number of carbonyl (C=O) groups excluding carboxylic acids is 3. The first-order valence-electron chi connectivity index (χ1n) is 7.89. The van der Waals surface area contributed by atoms with Crippen molar-refractivity contribution in [1.29, 1.82) is 0 Å². The van der Waals surface area contributed by atoms with Gasteiger partial charge in [0.2, 0.25) is 5.91 Å². The molecule has 0 bridgehead atoms. The Morgan fingerprint density at radius 3 is 2.67 bits per heavy atom. The van der Waals surface area contributed by atoms with E-state index in [0.29, 0.717) is 25.3 Å². The molecule has 1 aliphatic heterocycles. The summed E-state index contributed by atoms with van der Waals surface area (Å²) in [7, 11) is 0. The van der Waals surface area contributed by atoms with Crippen LogP contribution in [0.3, 0.4) is 0 Å². The highest BCUT2D eigenvalue weighted by molar-refractivity contribution is 6.08. The Bertz CT molecular complexity index is 428. The van der Waals surface area contributed by atoms with Gasteiger partial charge in [0.1, 0.15) is 12.1 Å². The molecular formula is C15H25N3O3. The molecule has 21 heavy (non-hydrogen) atoms. The second-order valence-corrected chi connectivity index (χ2v) is 6.26. The molecule has 2 rings (SSSR count). The fourth-order valence-corrected chi connectivity index (χ4v) is 3.16. The monoisotopic (exact) mass is 295 g/mol. The number of urea groups is 1. The van der Waals surface area contributed by atoms with Crippen LogP contribution in [0.25, 0.3) is 0 Å². The third-order valence-corrected chi connectivity index (χ3v) is 4.66. The van der Waals surface area contributed by atoms with Crippen LogP contribution in [0.2, 0.25) is 0 Å². The van der Waals surface area contributed by atoms with E-state index in [1.54, 1.807) is 0 Å². The molecule has 1 spiro atoms. The topological polar surface area (TPSA) is 78.5 Å². The average molecular weight is 295 g/mol. The van der Waals surface area contributed by atoms with Crippen molar-refractivity contribution in [2.45, 2.75) is 57.9 Å². The van der Waals surface area contributed by atoms with Gasteiger partial charge < -0.3 is 10.2 Å². The quantitative estimate of drug-likeness (QED) is 0.594. The van der Waals surface area contributed by atoms with Crippen molar-refractivity contribution in [3.05, 3.63) is 0 Å². The Hall–Kier alpha value is -1.59. The first-order chi connectivity index (χ1) is 9.99. The van der Waals surface area contributed by atoms with Crippen molar-refractivity contribution >= 4 is 17.8 Å². The molecule has 1 heterocycles. The van der Waals surface area contributed by atoms with E-state index in [-0.39, 0.29) is 18.4 Å². The molecule has 6 nitrogen and oxygen atoms in total. The van der Waals surface area contributed by atoms with E-state index >= 15 is 0 Å². The fourth-order valence-electron chi connectivity index (χ4n) is 3.16. The molecule has 118 valence electrons. The van der Waals surface area contributed by atoms with Gasteiger partial charge in [-0.15, -0.1) is 0 Å². The lowest BCUT2D eigenvalue weighted by Crippen LogP contribution is -2.54. The number of nitrogens with zero attached hydrogens (tertiary/aromatic N) is 1. The van der Waals surface area contributed by atoms with Gasteiger partial charge in [0.15, 0.2) is 0 Å². The zero-order chi connectivity index (χ0) is 15.5. The summed E-state index contributed by atoms with van der Waals surface area (Å²) in [6.07, 6.45) is 5.04. The second-order valence-electron chi connectivity index (χ2n) is 6.26. The first kappa shape index (κ1) is 15.8. The Morgan fingerprint density at radius 1 is 1.38 bits per heavy atom. The van der Waals surface area contributed by atoms with Gasteiger partial charge in [-0.2, -0.15) is 0 Å². The van der Waals surface area contributed by atoms with Crippen LogP contribution in [0.5, 0.6) is 0 Å². The van der Waals surface area contributed by atoms with E-state index in [4.69, 9.17) is 0 Å². The predicted molar refractivity (Wildman–Crippen MR) is 78.5 cm³/mol. The van der Waals surface area contributed by atoms with E-state index in [9.17, 15) is 14.4 Å². The van der Waals surface area contributed by atoms with Crippen LogP contribution in [-0.4, -0.2) is 41.4 Å². The maximum atomic E-state index is 12.2. The lowest BCUT2D eigenvalue weighted by Gasteiger charge is -2.39. The molecule has 0 aromatic carbocycles. The largest absolute Gasteiger partial charge is 0.355 e. The van der Waals surface area contributed by atoms with Gasteiger partial charge in [-0.1, -0.05) is 20.3 Å². The van der Waals surface area contributed by atoms with Crippen LogP contribution in [0.4, 0.5) is 4.79 Å². The number of carbonyl (C=O) groups is 3. The third kappa shape index (κ3) is 3.19. The molecule has 2 N–H and O–H groups in total.